The maximum atomic E-state index is 13.3. The van der Waals surface area contributed by atoms with Gasteiger partial charge in [0, 0.05) is 18.7 Å². The van der Waals surface area contributed by atoms with Gasteiger partial charge < -0.3 is 14.8 Å². The molecule has 178 valence electrons. The number of methoxy groups -OCH3 is 1. The molecule has 1 aliphatic rings. The average molecular weight is 486 g/mol. The molecule has 9 nitrogen and oxygen atoms in total. The quantitative estimate of drug-likeness (QED) is 0.426. The molecule has 0 aliphatic carbocycles. The van der Waals surface area contributed by atoms with E-state index in [0.29, 0.717) is 28.4 Å². The van der Waals surface area contributed by atoms with E-state index in [2.05, 4.69) is 25.6 Å². The lowest BCUT2D eigenvalue weighted by molar-refractivity contribution is 0.0525. The molecule has 0 aromatic carbocycles. The molecule has 0 radical (unpaired) electrons. The van der Waals surface area contributed by atoms with E-state index < -0.39 is 11.9 Å². The lowest BCUT2D eigenvalue weighted by atomic mass is 10.1. The van der Waals surface area contributed by atoms with Crippen molar-refractivity contribution < 1.29 is 13.9 Å². The van der Waals surface area contributed by atoms with Gasteiger partial charge >= 0.3 is 0 Å². The summed E-state index contributed by atoms with van der Waals surface area (Å²) in [7, 11) is 1.55. The van der Waals surface area contributed by atoms with E-state index in [1.54, 1.807) is 23.8 Å². The molecule has 1 unspecified atom stereocenters. The number of fused-ring (bicyclic) bond motifs is 1. The number of rotatable bonds is 7. The zero-order valence-electron chi connectivity index (χ0n) is 18.9. The highest BCUT2D eigenvalue weighted by atomic mass is 35.5. The number of aromatic nitrogens is 6. The van der Waals surface area contributed by atoms with Crippen LogP contribution in [0.2, 0.25) is 5.15 Å². The van der Waals surface area contributed by atoms with Crippen LogP contribution in [0.1, 0.15) is 36.4 Å². The smallest absolute Gasteiger partial charge is 0.201 e. The van der Waals surface area contributed by atoms with Crippen molar-refractivity contribution >= 4 is 17.2 Å². The second-order valence-corrected chi connectivity index (χ2v) is 8.63. The molecule has 1 atom stereocenters. The number of hydrogen-bond acceptors (Lipinski definition) is 7. The lowest BCUT2D eigenvalue weighted by Crippen LogP contribution is -2.30. The normalized spacial score (nSPS) is 15.6. The molecule has 1 N–H and O–H groups in total. The highest BCUT2D eigenvalue weighted by molar-refractivity contribution is 6.29. The maximum absolute atomic E-state index is 13.3. The van der Waals surface area contributed by atoms with Crippen molar-refractivity contribution in [3.8, 4) is 17.1 Å². The van der Waals surface area contributed by atoms with Crippen molar-refractivity contribution in [3.63, 3.8) is 0 Å². The summed E-state index contributed by atoms with van der Waals surface area (Å²) in [5, 5.41) is 12.7. The van der Waals surface area contributed by atoms with E-state index in [0.717, 1.165) is 49.1 Å². The molecule has 11 heteroatoms. The second-order valence-electron chi connectivity index (χ2n) is 8.24. The molecule has 5 rings (SSSR count). The highest BCUT2D eigenvalue weighted by Crippen LogP contribution is 2.32. The van der Waals surface area contributed by atoms with Crippen molar-refractivity contribution in [1.29, 1.82) is 0 Å². The summed E-state index contributed by atoms with van der Waals surface area (Å²) < 4.78 is 28.7. The number of halogens is 2. The van der Waals surface area contributed by atoms with Gasteiger partial charge in [-0.05, 0) is 51.1 Å². The Hall–Kier alpha value is -3.08. The van der Waals surface area contributed by atoms with E-state index in [4.69, 9.17) is 21.1 Å². The number of hydrogen-bond donors (Lipinski definition) is 1. The number of imidazole rings is 1. The molecule has 1 saturated heterocycles. The molecular formula is C23H25ClFN7O2. The second kappa shape index (κ2) is 9.65. The molecule has 1 fully saturated rings. The third-order valence-corrected chi connectivity index (χ3v) is 6.40. The predicted molar refractivity (Wildman–Crippen MR) is 125 cm³/mol. The first-order valence-electron chi connectivity index (χ1n) is 11.1. The van der Waals surface area contributed by atoms with Crippen LogP contribution in [-0.2, 0) is 4.74 Å². The van der Waals surface area contributed by atoms with Crippen LogP contribution in [0.5, 0.6) is 5.88 Å². The van der Waals surface area contributed by atoms with E-state index in [1.807, 2.05) is 23.7 Å². The van der Waals surface area contributed by atoms with Crippen molar-refractivity contribution in [2.75, 3.05) is 26.8 Å². The van der Waals surface area contributed by atoms with Crippen molar-refractivity contribution in [3.05, 3.63) is 59.0 Å². The first-order valence-corrected chi connectivity index (χ1v) is 11.5. The summed E-state index contributed by atoms with van der Waals surface area (Å²) in [4.78, 5) is 8.51. The summed E-state index contributed by atoms with van der Waals surface area (Å²) in [5.41, 5.74) is 3.78. The van der Waals surface area contributed by atoms with Gasteiger partial charge in [0.15, 0.2) is 0 Å². The van der Waals surface area contributed by atoms with Crippen LogP contribution >= 0.6 is 11.6 Å². The monoisotopic (exact) mass is 485 g/mol. The summed E-state index contributed by atoms with van der Waals surface area (Å²) in [6.45, 7) is 4.11. The van der Waals surface area contributed by atoms with E-state index in [9.17, 15) is 4.39 Å². The van der Waals surface area contributed by atoms with Crippen LogP contribution in [0, 0.1) is 12.7 Å². The minimum Gasteiger partial charge on any atom is -0.475 e. The summed E-state index contributed by atoms with van der Waals surface area (Å²) in [6, 6.07) is 7.03. The molecule has 0 saturated carbocycles. The van der Waals surface area contributed by atoms with Crippen LogP contribution in [0.15, 0.2) is 36.7 Å². The van der Waals surface area contributed by atoms with Gasteiger partial charge in [0.1, 0.15) is 35.0 Å². The first-order chi connectivity index (χ1) is 16.5. The predicted octanol–water partition coefficient (Wildman–Crippen LogP) is 3.78. The largest absolute Gasteiger partial charge is 0.475 e. The maximum Gasteiger partial charge on any atom is 0.201 e. The molecule has 1 aliphatic heterocycles. The molecule has 0 bridgehead atoms. The number of piperidine rings is 1. The Labute approximate surface area is 200 Å². The van der Waals surface area contributed by atoms with Crippen molar-refractivity contribution in [2.24, 2.45) is 0 Å². The van der Waals surface area contributed by atoms with Crippen LogP contribution in [0.25, 0.3) is 16.9 Å². The Bertz CT molecular complexity index is 1280. The van der Waals surface area contributed by atoms with Gasteiger partial charge in [-0.2, -0.15) is 0 Å². The van der Waals surface area contributed by atoms with Crippen LogP contribution < -0.4 is 10.1 Å². The van der Waals surface area contributed by atoms with Gasteiger partial charge in [-0.3, -0.25) is 9.38 Å². The Kier molecular flexibility index (Phi) is 6.44. The summed E-state index contributed by atoms with van der Waals surface area (Å²) in [6.07, 6.45) is 4.26. The summed E-state index contributed by atoms with van der Waals surface area (Å²) in [5.74, 6) is 0.0713. The highest BCUT2D eigenvalue weighted by Gasteiger charge is 2.22. The fraction of sp³-hybridized carbons (Fsp3) is 0.391. The minimum atomic E-state index is -0.496. The third kappa shape index (κ3) is 4.36. The Morgan fingerprint density at radius 2 is 2.03 bits per heavy atom. The average Bonchev–Trinajstić information content (AvgIpc) is 3.43. The third-order valence-electron chi connectivity index (χ3n) is 6.13. The molecule has 5 heterocycles. The van der Waals surface area contributed by atoms with Gasteiger partial charge in [0.25, 0.3) is 0 Å². The van der Waals surface area contributed by atoms with E-state index in [-0.39, 0.29) is 6.61 Å². The molecule has 34 heavy (non-hydrogen) atoms. The first kappa shape index (κ1) is 22.7. The van der Waals surface area contributed by atoms with Gasteiger partial charge in [0.2, 0.25) is 5.88 Å². The van der Waals surface area contributed by atoms with Gasteiger partial charge in [0.05, 0.1) is 29.8 Å². The Morgan fingerprint density at radius 3 is 2.76 bits per heavy atom. The molecular weight excluding hydrogens is 461 g/mol. The van der Waals surface area contributed by atoms with E-state index in [1.165, 1.54) is 6.07 Å². The molecule has 0 amide bonds. The summed E-state index contributed by atoms with van der Waals surface area (Å²) >= 11 is 6.39. The van der Waals surface area contributed by atoms with Crippen LogP contribution in [0.4, 0.5) is 4.39 Å². The minimum absolute atomic E-state index is 0.142. The molecule has 4 aromatic heterocycles. The van der Waals surface area contributed by atoms with Crippen molar-refractivity contribution in [2.45, 2.75) is 31.9 Å². The Morgan fingerprint density at radius 1 is 1.21 bits per heavy atom. The van der Waals surface area contributed by atoms with Gasteiger partial charge in [-0.15, -0.1) is 5.10 Å². The number of pyridine rings is 2. The zero-order chi connectivity index (χ0) is 23.7. The standard InChI is InChI=1S/C23H25ClFN7O2/c1-14-23(29-30-32(14)17-5-7-26-8-6-17)15-9-21-28-12-20(24)31(21)22(10-15)34-13-19(33-2)18-4-3-16(25)11-27-18/h3-4,9-12,17,19,26H,5-8,13H2,1-2H3. The van der Waals surface area contributed by atoms with Crippen molar-refractivity contribution in [1.82, 2.24) is 34.7 Å². The zero-order valence-corrected chi connectivity index (χ0v) is 19.7. The SMILES string of the molecule is COC(COc1cc(-c2nnn(C3CCNCC3)c2C)cc2ncc(Cl)n12)c1ccc(F)cn1. The number of nitrogens with zero attached hydrogens (tertiary/aromatic N) is 6. The molecule has 0 spiro atoms. The fourth-order valence-corrected chi connectivity index (χ4v) is 4.52. The topological polar surface area (TPSA) is 91.4 Å². The lowest BCUT2D eigenvalue weighted by Gasteiger charge is -2.23. The number of ether oxygens (including phenoxy) is 2. The number of nitrogens with one attached hydrogen (secondary N) is 1. The van der Waals surface area contributed by atoms with Crippen LogP contribution in [0.3, 0.4) is 0 Å². The van der Waals surface area contributed by atoms with Gasteiger partial charge in [-0.25, -0.2) is 14.1 Å². The van der Waals surface area contributed by atoms with Crippen LogP contribution in [-0.4, -0.2) is 56.2 Å². The van der Waals surface area contributed by atoms with E-state index >= 15 is 0 Å². The Balaban J connectivity index is 1.46. The van der Waals surface area contributed by atoms with Gasteiger partial charge in [-0.1, -0.05) is 16.8 Å². The fourth-order valence-electron chi connectivity index (χ4n) is 4.30. The molecule has 4 aromatic rings.